The zero-order valence-corrected chi connectivity index (χ0v) is 17.2. The molecule has 1 unspecified atom stereocenters. The molecule has 0 aliphatic carbocycles. The Labute approximate surface area is 176 Å². The molecule has 3 N–H and O–H groups in total. The molecule has 7 nitrogen and oxygen atoms in total. The van der Waals surface area contributed by atoms with Gasteiger partial charge in [0.2, 0.25) is 10.0 Å². The molecule has 0 radical (unpaired) electrons. The first-order chi connectivity index (χ1) is 14.5. The lowest BCUT2D eigenvalue weighted by Gasteiger charge is -2.19. The van der Waals surface area contributed by atoms with Crippen molar-refractivity contribution in [3.8, 4) is 5.75 Å². The normalized spacial score (nSPS) is 12.0. The Morgan fingerprint density at radius 3 is 2.10 bits per heavy atom. The predicted molar refractivity (Wildman–Crippen MR) is 115 cm³/mol. The van der Waals surface area contributed by atoms with Crippen LogP contribution < -0.4 is 20.3 Å². The molecule has 156 valence electrons. The molecule has 0 aliphatic heterocycles. The number of hydrogen-bond donors (Lipinski definition) is 3. The van der Waals surface area contributed by atoms with Crippen molar-refractivity contribution in [1.29, 1.82) is 0 Å². The molecule has 1 amide bonds. The van der Waals surface area contributed by atoms with Crippen LogP contribution in [0.2, 0.25) is 0 Å². The van der Waals surface area contributed by atoms with Crippen molar-refractivity contribution in [2.24, 2.45) is 0 Å². The molecule has 0 spiro atoms. The first-order valence-corrected chi connectivity index (χ1v) is 10.8. The largest absolute Gasteiger partial charge is 0.497 e. The summed E-state index contributed by atoms with van der Waals surface area (Å²) < 4.78 is 33.2. The fraction of sp³-hybridized carbons (Fsp3) is 0.136. The Morgan fingerprint density at radius 1 is 0.900 bits per heavy atom. The second kappa shape index (κ2) is 9.91. The maximum Gasteiger partial charge on any atom is 0.256 e. The van der Waals surface area contributed by atoms with Crippen LogP contribution in [0.15, 0.2) is 89.8 Å². The van der Waals surface area contributed by atoms with Crippen molar-refractivity contribution >= 4 is 21.6 Å². The van der Waals surface area contributed by atoms with E-state index in [0.717, 1.165) is 5.56 Å². The minimum absolute atomic E-state index is 0.0912. The molecule has 3 aromatic carbocycles. The lowest BCUT2D eigenvalue weighted by molar-refractivity contribution is -0.122. The van der Waals surface area contributed by atoms with Crippen molar-refractivity contribution < 1.29 is 17.9 Å². The van der Waals surface area contributed by atoms with Gasteiger partial charge in [-0.15, -0.1) is 0 Å². The molecule has 0 heterocycles. The van der Waals surface area contributed by atoms with Crippen LogP contribution in [-0.2, 0) is 21.2 Å². The zero-order valence-electron chi connectivity index (χ0n) is 16.4. The van der Waals surface area contributed by atoms with Crippen molar-refractivity contribution in [2.75, 3.05) is 12.5 Å². The van der Waals surface area contributed by atoms with Gasteiger partial charge in [0.1, 0.15) is 11.8 Å². The van der Waals surface area contributed by atoms with Gasteiger partial charge in [-0.2, -0.15) is 4.72 Å². The number of benzene rings is 3. The molecular weight excluding hydrogens is 402 g/mol. The highest BCUT2D eigenvalue weighted by atomic mass is 32.2. The van der Waals surface area contributed by atoms with Crippen molar-refractivity contribution in [3.05, 3.63) is 90.5 Å². The molecule has 0 aliphatic rings. The first-order valence-electron chi connectivity index (χ1n) is 9.29. The quantitative estimate of drug-likeness (QED) is 0.458. The highest BCUT2D eigenvalue weighted by molar-refractivity contribution is 7.89. The Kier molecular flexibility index (Phi) is 7.05. The third kappa shape index (κ3) is 5.82. The van der Waals surface area contributed by atoms with Crippen molar-refractivity contribution in [1.82, 2.24) is 10.1 Å². The highest BCUT2D eigenvalue weighted by Crippen LogP contribution is 2.15. The van der Waals surface area contributed by atoms with Gasteiger partial charge in [-0.25, -0.2) is 8.42 Å². The molecule has 0 aromatic heterocycles. The molecular formula is C22H23N3O4S. The highest BCUT2D eigenvalue weighted by Gasteiger charge is 2.26. The van der Waals surface area contributed by atoms with E-state index in [4.69, 9.17) is 4.74 Å². The number of hydrogen-bond acceptors (Lipinski definition) is 5. The Hall–Kier alpha value is -3.36. The van der Waals surface area contributed by atoms with Crippen LogP contribution in [-0.4, -0.2) is 27.5 Å². The maximum absolute atomic E-state index is 12.8. The summed E-state index contributed by atoms with van der Waals surface area (Å²) in [5.74, 6) is 0.171. The van der Waals surface area contributed by atoms with Gasteiger partial charge in [0.25, 0.3) is 5.91 Å². The van der Waals surface area contributed by atoms with Gasteiger partial charge in [0, 0.05) is 0 Å². The van der Waals surface area contributed by atoms with E-state index in [1.165, 1.54) is 12.1 Å². The summed E-state index contributed by atoms with van der Waals surface area (Å²) in [6.45, 7) is 0. The van der Waals surface area contributed by atoms with Crippen molar-refractivity contribution in [2.45, 2.75) is 17.4 Å². The summed E-state index contributed by atoms with van der Waals surface area (Å²) in [7, 11) is -2.32. The molecule has 1 atom stereocenters. The number of carbonyl (C=O) groups is 1. The number of methoxy groups -OCH3 is 1. The summed E-state index contributed by atoms with van der Waals surface area (Å²) in [6, 6.07) is 23.1. The Bertz CT molecular complexity index is 1060. The summed E-state index contributed by atoms with van der Waals surface area (Å²) in [4.78, 5) is 12.9. The average Bonchev–Trinajstić information content (AvgIpc) is 2.78. The van der Waals surface area contributed by atoms with Crippen LogP contribution in [0.1, 0.15) is 5.56 Å². The lowest BCUT2D eigenvalue weighted by atomic mass is 10.1. The van der Waals surface area contributed by atoms with E-state index < -0.39 is 22.0 Å². The van der Waals surface area contributed by atoms with E-state index >= 15 is 0 Å². The van der Waals surface area contributed by atoms with Gasteiger partial charge in [0.05, 0.1) is 17.7 Å². The maximum atomic E-state index is 12.8. The molecule has 0 saturated heterocycles. The molecule has 3 aromatic rings. The van der Waals surface area contributed by atoms with E-state index in [1.807, 2.05) is 18.2 Å². The van der Waals surface area contributed by atoms with E-state index in [1.54, 1.807) is 61.7 Å². The lowest BCUT2D eigenvalue weighted by Crippen LogP contribution is -2.49. The summed E-state index contributed by atoms with van der Waals surface area (Å²) in [5, 5.41) is 0. The van der Waals surface area contributed by atoms with Gasteiger partial charge in [-0.3, -0.25) is 15.6 Å². The van der Waals surface area contributed by atoms with Crippen molar-refractivity contribution in [3.63, 3.8) is 0 Å². The Morgan fingerprint density at radius 2 is 1.50 bits per heavy atom. The second-order valence-corrected chi connectivity index (χ2v) is 8.23. The number of carbonyl (C=O) groups excluding carboxylic acids is 1. The molecule has 0 fully saturated rings. The molecule has 0 saturated carbocycles. The number of rotatable bonds is 9. The summed E-state index contributed by atoms with van der Waals surface area (Å²) >= 11 is 0. The topological polar surface area (TPSA) is 96.5 Å². The van der Waals surface area contributed by atoms with Crippen LogP contribution >= 0.6 is 0 Å². The van der Waals surface area contributed by atoms with Gasteiger partial charge in [-0.05, 0) is 48.4 Å². The number of amides is 1. The molecule has 8 heteroatoms. The third-order valence-electron chi connectivity index (χ3n) is 4.37. The fourth-order valence-corrected chi connectivity index (χ4v) is 4.00. The predicted octanol–water partition coefficient (Wildman–Crippen LogP) is 2.73. The smallest absolute Gasteiger partial charge is 0.256 e. The fourth-order valence-electron chi connectivity index (χ4n) is 2.78. The standard InChI is InChI=1S/C22H23N3O4S/c1-29-19-14-12-17(13-15-19)16-21(22(26)24-23-18-8-4-2-5-9-18)25-30(27,28)20-10-6-3-7-11-20/h2-15,21,23,25H,16H2,1H3,(H,24,26). The number of sulfonamides is 1. The number of para-hydroxylation sites is 1. The average molecular weight is 426 g/mol. The number of hydrazine groups is 1. The molecule has 0 bridgehead atoms. The van der Waals surface area contributed by atoms with E-state index in [-0.39, 0.29) is 11.3 Å². The van der Waals surface area contributed by atoms with E-state index in [0.29, 0.717) is 11.4 Å². The minimum Gasteiger partial charge on any atom is -0.497 e. The van der Waals surface area contributed by atoms with Crippen LogP contribution in [0.4, 0.5) is 5.69 Å². The van der Waals surface area contributed by atoms with E-state index in [9.17, 15) is 13.2 Å². The third-order valence-corrected chi connectivity index (χ3v) is 5.86. The van der Waals surface area contributed by atoms with Gasteiger partial charge < -0.3 is 4.74 Å². The Balaban J connectivity index is 1.78. The van der Waals surface area contributed by atoms with Crippen LogP contribution in [0.25, 0.3) is 0 Å². The summed E-state index contributed by atoms with van der Waals surface area (Å²) in [5.41, 5.74) is 6.84. The van der Waals surface area contributed by atoms with Gasteiger partial charge in [-0.1, -0.05) is 48.5 Å². The number of anilines is 1. The minimum atomic E-state index is -3.88. The summed E-state index contributed by atoms with van der Waals surface area (Å²) in [6.07, 6.45) is 0.165. The van der Waals surface area contributed by atoms with Crippen LogP contribution in [0.3, 0.4) is 0 Å². The second-order valence-electron chi connectivity index (χ2n) is 6.52. The van der Waals surface area contributed by atoms with Crippen LogP contribution in [0, 0.1) is 0 Å². The monoisotopic (exact) mass is 425 g/mol. The number of nitrogens with one attached hydrogen (secondary N) is 3. The SMILES string of the molecule is COc1ccc(CC(NS(=O)(=O)c2ccccc2)C(=O)NNc2ccccc2)cc1. The number of ether oxygens (including phenoxy) is 1. The molecule has 30 heavy (non-hydrogen) atoms. The zero-order chi connectivity index (χ0) is 21.4. The van der Waals surface area contributed by atoms with E-state index in [2.05, 4.69) is 15.6 Å². The van der Waals surface area contributed by atoms with Gasteiger partial charge in [0.15, 0.2) is 0 Å². The van der Waals surface area contributed by atoms with Gasteiger partial charge >= 0.3 is 0 Å². The first kappa shape index (κ1) is 21.4. The van der Waals surface area contributed by atoms with Crippen LogP contribution in [0.5, 0.6) is 5.75 Å². The molecule has 3 rings (SSSR count).